The van der Waals surface area contributed by atoms with Crippen LogP contribution in [-0.4, -0.2) is 37.9 Å². The molecule has 1 heterocycles. The number of hydrogen-bond acceptors (Lipinski definition) is 7. The number of sulfonamides is 1. The normalized spacial score (nSPS) is 16.3. The van der Waals surface area contributed by atoms with Crippen LogP contribution in [0.2, 0.25) is 0 Å². The lowest BCUT2D eigenvalue weighted by atomic mass is 10.1. The van der Waals surface area contributed by atoms with E-state index in [0.717, 1.165) is 0 Å². The van der Waals surface area contributed by atoms with E-state index in [4.69, 9.17) is 5.14 Å². The van der Waals surface area contributed by atoms with Crippen molar-refractivity contribution in [3.8, 4) is 0 Å². The van der Waals surface area contributed by atoms with Crippen LogP contribution >= 0.6 is 31.9 Å². The number of nitrogens with one attached hydrogen (secondary N) is 1. The second-order valence-electron chi connectivity index (χ2n) is 7.59. The van der Waals surface area contributed by atoms with Gasteiger partial charge in [0, 0.05) is 34.0 Å². The highest BCUT2D eigenvalue weighted by Crippen LogP contribution is 2.44. The minimum atomic E-state index is -4.00. The summed E-state index contributed by atoms with van der Waals surface area (Å²) in [7, 11) is -4.00. The Hall–Kier alpha value is -2.68. The van der Waals surface area contributed by atoms with Crippen LogP contribution in [0.3, 0.4) is 0 Å². The molecule has 0 radical (unpaired) electrons. The van der Waals surface area contributed by atoms with Crippen molar-refractivity contribution in [2.45, 2.75) is 25.2 Å². The molecule has 0 spiro atoms. The molecule has 0 aliphatic carbocycles. The molecule has 2 aromatic rings. The molecule has 1 aliphatic heterocycles. The third-order valence-corrected chi connectivity index (χ3v) is 8.42. The Morgan fingerprint density at radius 1 is 1.24 bits per heavy atom. The summed E-state index contributed by atoms with van der Waals surface area (Å²) >= 11 is 6.75. The van der Waals surface area contributed by atoms with Gasteiger partial charge in [0.15, 0.2) is 0 Å². The van der Waals surface area contributed by atoms with Gasteiger partial charge in [-0.1, -0.05) is 0 Å². The number of hydrazone groups is 1. The molecule has 3 rings (SSSR count). The van der Waals surface area contributed by atoms with Gasteiger partial charge in [0.05, 0.1) is 27.6 Å². The molecule has 14 heteroatoms. The van der Waals surface area contributed by atoms with Crippen molar-refractivity contribution in [1.82, 2.24) is 5.43 Å². The molecule has 2 amide bonds. The predicted octanol–water partition coefficient (Wildman–Crippen LogP) is 2.89. The number of carbonyl (C=O) groups excluding carboxylic acids is 2. The van der Waals surface area contributed by atoms with Gasteiger partial charge < -0.3 is 4.90 Å². The van der Waals surface area contributed by atoms with Crippen LogP contribution in [-0.2, 0) is 19.6 Å². The number of nitrogens with two attached hydrogens (primary N) is 1. The number of carbonyl (C=O) groups is 2. The van der Waals surface area contributed by atoms with Crippen LogP contribution in [0.15, 0.2) is 43.2 Å². The number of benzene rings is 2. The van der Waals surface area contributed by atoms with Gasteiger partial charge in [-0.2, -0.15) is 5.10 Å². The van der Waals surface area contributed by atoms with E-state index in [0.29, 0.717) is 31.3 Å². The molecule has 0 aromatic heterocycles. The highest BCUT2D eigenvalue weighted by Gasteiger charge is 2.38. The lowest BCUT2D eigenvalue weighted by Gasteiger charge is -2.24. The summed E-state index contributed by atoms with van der Waals surface area (Å²) in [5.41, 5.74) is 3.98. The SMILES string of the molecule is Cc1c(Br)c(N2CC(C(=O)N/N=C/c3ccc([N+](=O)[O-])cc3)CC2=O)c(Br)c(C)c1S(N)(=O)=O. The van der Waals surface area contributed by atoms with Gasteiger partial charge in [-0.05, 0) is 74.5 Å². The Morgan fingerprint density at radius 3 is 2.29 bits per heavy atom. The second kappa shape index (κ2) is 9.90. The summed E-state index contributed by atoms with van der Waals surface area (Å²) in [6, 6.07) is 5.61. The Balaban J connectivity index is 1.77. The Kier molecular flexibility index (Phi) is 7.55. The lowest BCUT2D eigenvalue weighted by Crippen LogP contribution is -2.31. The Labute approximate surface area is 211 Å². The topological polar surface area (TPSA) is 165 Å². The second-order valence-corrected chi connectivity index (χ2v) is 10.7. The first-order chi connectivity index (χ1) is 15.8. The number of primary sulfonamides is 1. The minimum Gasteiger partial charge on any atom is -0.309 e. The fourth-order valence-electron chi connectivity index (χ4n) is 3.64. The van der Waals surface area contributed by atoms with Gasteiger partial charge in [0.1, 0.15) is 0 Å². The van der Waals surface area contributed by atoms with Crippen molar-refractivity contribution < 1.29 is 22.9 Å². The fraction of sp³-hybridized carbons (Fsp3) is 0.250. The zero-order valence-electron chi connectivity index (χ0n) is 17.9. The number of anilines is 1. The van der Waals surface area contributed by atoms with Crippen molar-refractivity contribution >= 4 is 71.3 Å². The van der Waals surface area contributed by atoms with E-state index in [2.05, 4.69) is 42.4 Å². The number of non-ortho nitro benzene ring substituents is 1. The number of nitrogens with zero attached hydrogens (tertiary/aromatic N) is 3. The molecule has 1 atom stereocenters. The van der Waals surface area contributed by atoms with E-state index in [-0.39, 0.29) is 29.5 Å². The summed E-state index contributed by atoms with van der Waals surface area (Å²) < 4.78 is 24.8. The number of halogens is 2. The molecule has 1 aliphatic rings. The smallest absolute Gasteiger partial charge is 0.269 e. The maximum atomic E-state index is 12.7. The number of nitro benzene ring substituents is 1. The third kappa shape index (κ3) is 5.19. The number of amides is 2. The zero-order chi connectivity index (χ0) is 25.4. The molecular formula is C20H19Br2N5O6S. The Bertz CT molecular complexity index is 1300. The first kappa shape index (κ1) is 25.9. The largest absolute Gasteiger partial charge is 0.309 e. The van der Waals surface area contributed by atoms with Gasteiger partial charge in [0.2, 0.25) is 21.8 Å². The van der Waals surface area contributed by atoms with Gasteiger partial charge in [-0.3, -0.25) is 19.7 Å². The van der Waals surface area contributed by atoms with Crippen molar-refractivity contribution in [2.75, 3.05) is 11.4 Å². The third-order valence-electron chi connectivity index (χ3n) is 5.30. The number of hydrogen-bond donors (Lipinski definition) is 2. The van der Waals surface area contributed by atoms with Gasteiger partial charge >= 0.3 is 0 Å². The van der Waals surface area contributed by atoms with Gasteiger partial charge in [-0.25, -0.2) is 19.0 Å². The zero-order valence-corrected chi connectivity index (χ0v) is 21.9. The highest BCUT2D eigenvalue weighted by atomic mass is 79.9. The van der Waals surface area contributed by atoms with Crippen molar-refractivity contribution in [1.29, 1.82) is 0 Å². The number of rotatable bonds is 6. The molecule has 1 fully saturated rings. The molecule has 1 unspecified atom stereocenters. The Morgan fingerprint density at radius 2 is 1.79 bits per heavy atom. The van der Waals surface area contributed by atoms with Crippen LogP contribution < -0.4 is 15.5 Å². The maximum Gasteiger partial charge on any atom is 0.269 e. The van der Waals surface area contributed by atoms with Crippen LogP contribution in [0.1, 0.15) is 23.1 Å². The van der Waals surface area contributed by atoms with Crippen LogP contribution in [0.4, 0.5) is 11.4 Å². The molecule has 0 bridgehead atoms. The quantitative estimate of drug-likeness (QED) is 0.288. The molecule has 1 saturated heterocycles. The monoisotopic (exact) mass is 615 g/mol. The van der Waals surface area contributed by atoms with E-state index in [1.54, 1.807) is 13.8 Å². The standard InChI is InChI=1S/C20H19Br2N5O6S/c1-10-16(21)18(17(22)11(2)19(10)34(23,32)33)26-9-13(7-15(26)28)20(29)25-24-8-12-3-5-14(6-4-12)27(30)31/h3-6,8,13H,7,9H2,1-2H3,(H,25,29)(H2,23,32,33)/b24-8+. The first-order valence-corrected chi connectivity index (χ1v) is 12.8. The average molecular weight is 617 g/mol. The summed E-state index contributed by atoms with van der Waals surface area (Å²) in [4.78, 5) is 36.9. The maximum absolute atomic E-state index is 12.7. The first-order valence-electron chi connectivity index (χ1n) is 9.71. The van der Waals surface area contributed by atoms with Crippen LogP contribution in [0, 0.1) is 29.9 Å². The lowest BCUT2D eigenvalue weighted by molar-refractivity contribution is -0.384. The van der Waals surface area contributed by atoms with E-state index in [9.17, 15) is 28.1 Å². The molecule has 2 aromatic carbocycles. The molecule has 3 N–H and O–H groups in total. The summed E-state index contributed by atoms with van der Waals surface area (Å²) in [5.74, 6) is -1.49. The summed E-state index contributed by atoms with van der Waals surface area (Å²) in [5, 5.41) is 19.9. The average Bonchev–Trinajstić information content (AvgIpc) is 3.13. The van der Waals surface area contributed by atoms with E-state index < -0.39 is 26.8 Å². The summed E-state index contributed by atoms with van der Waals surface area (Å²) in [6.07, 6.45) is 1.27. The number of nitro groups is 1. The highest BCUT2D eigenvalue weighted by molar-refractivity contribution is 9.11. The molecule has 180 valence electrons. The van der Waals surface area contributed by atoms with Gasteiger partial charge in [-0.15, -0.1) is 0 Å². The van der Waals surface area contributed by atoms with Crippen molar-refractivity contribution in [3.05, 3.63) is 60.0 Å². The summed E-state index contributed by atoms with van der Waals surface area (Å²) in [6.45, 7) is 3.21. The molecule has 34 heavy (non-hydrogen) atoms. The molecule has 11 nitrogen and oxygen atoms in total. The van der Waals surface area contributed by atoms with E-state index in [1.165, 1.54) is 35.4 Å². The van der Waals surface area contributed by atoms with Crippen molar-refractivity contribution in [3.63, 3.8) is 0 Å². The van der Waals surface area contributed by atoms with Crippen molar-refractivity contribution in [2.24, 2.45) is 16.2 Å². The minimum absolute atomic E-state index is 0.0449. The van der Waals surface area contributed by atoms with E-state index in [1.807, 2.05) is 0 Å². The van der Waals surface area contributed by atoms with Crippen LogP contribution in [0.5, 0.6) is 0 Å². The van der Waals surface area contributed by atoms with Crippen LogP contribution in [0.25, 0.3) is 0 Å². The molecular weight excluding hydrogens is 598 g/mol. The molecule has 0 saturated carbocycles. The van der Waals surface area contributed by atoms with Gasteiger partial charge in [0.25, 0.3) is 5.69 Å². The fourth-order valence-corrected chi connectivity index (χ4v) is 6.45. The predicted molar refractivity (Wildman–Crippen MR) is 132 cm³/mol. The van der Waals surface area contributed by atoms with E-state index >= 15 is 0 Å².